The van der Waals surface area contributed by atoms with E-state index in [1.807, 2.05) is 6.92 Å². The number of nitrogens with two attached hydrogens (primary N) is 1. The van der Waals surface area contributed by atoms with Crippen LogP contribution < -0.4 is 5.73 Å². The van der Waals surface area contributed by atoms with E-state index >= 15 is 0 Å². The molecule has 2 rings (SSSR count). The minimum absolute atomic E-state index is 0.382. The first-order valence-corrected chi connectivity index (χ1v) is 5.65. The van der Waals surface area contributed by atoms with Gasteiger partial charge in [-0.15, -0.1) is 0 Å². The summed E-state index contributed by atoms with van der Waals surface area (Å²) >= 11 is 0. The van der Waals surface area contributed by atoms with Crippen molar-refractivity contribution < 1.29 is 9.47 Å². The molecule has 0 fully saturated rings. The van der Waals surface area contributed by atoms with Crippen molar-refractivity contribution in [2.24, 2.45) is 5.73 Å². The fraction of sp³-hybridized carbons (Fsp3) is 0.538. The highest BCUT2D eigenvalue weighted by Crippen LogP contribution is 2.27. The highest BCUT2D eigenvalue weighted by Gasteiger charge is 2.25. The second-order valence-electron chi connectivity index (χ2n) is 4.43. The Morgan fingerprint density at radius 2 is 2.25 bits per heavy atom. The maximum Gasteiger partial charge on any atom is 0.102 e. The van der Waals surface area contributed by atoms with Gasteiger partial charge in [-0.1, -0.05) is 18.2 Å². The molecule has 1 unspecified atom stereocenters. The van der Waals surface area contributed by atoms with Crippen molar-refractivity contribution in [1.82, 2.24) is 0 Å². The van der Waals surface area contributed by atoms with E-state index < -0.39 is 0 Å². The SMILES string of the molecule is COC(C)(CN)c1ccc2c(c1)CCOC2. The molecule has 0 amide bonds. The third-order valence-electron chi connectivity index (χ3n) is 3.43. The predicted molar refractivity (Wildman–Crippen MR) is 63.2 cm³/mol. The molecule has 0 aromatic heterocycles. The van der Waals surface area contributed by atoms with Gasteiger partial charge < -0.3 is 15.2 Å². The molecule has 1 heterocycles. The number of benzene rings is 1. The van der Waals surface area contributed by atoms with E-state index in [0.717, 1.165) is 25.2 Å². The largest absolute Gasteiger partial charge is 0.376 e. The van der Waals surface area contributed by atoms with Crippen molar-refractivity contribution in [1.29, 1.82) is 0 Å². The molecule has 2 N–H and O–H groups in total. The number of ether oxygens (including phenoxy) is 2. The highest BCUT2D eigenvalue weighted by atomic mass is 16.5. The average Bonchev–Trinajstić information content (AvgIpc) is 2.37. The zero-order valence-corrected chi connectivity index (χ0v) is 9.95. The first-order chi connectivity index (χ1) is 7.69. The van der Waals surface area contributed by atoms with Gasteiger partial charge in [-0.05, 0) is 30.0 Å². The number of hydrogen-bond acceptors (Lipinski definition) is 3. The van der Waals surface area contributed by atoms with Gasteiger partial charge in [-0.25, -0.2) is 0 Å². The summed E-state index contributed by atoms with van der Waals surface area (Å²) in [5, 5.41) is 0. The zero-order valence-electron chi connectivity index (χ0n) is 9.95. The topological polar surface area (TPSA) is 44.5 Å². The van der Waals surface area contributed by atoms with Crippen LogP contribution in [-0.2, 0) is 28.1 Å². The van der Waals surface area contributed by atoms with Crippen LogP contribution in [0.15, 0.2) is 18.2 Å². The summed E-state index contributed by atoms with van der Waals surface area (Å²) in [5.41, 5.74) is 9.19. The molecule has 88 valence electrons. The Morgan fingerprint density at radius 3 is 2.94 bits per heavy atom. The first kappa shape index (κ1) is 11.6. The van der Waals surface area contributed by atoms with Crippen LogP contribution in [0.4, 0.5) is 0 Å². The first-order valence-electron chi connectivity index (χ1n) is 5.65. The predicted octanol–water partition coefficient (Wildman–Crippen LogP) is 1.58. The van der Waals surface area contributed by atoms with Crippen molar-refractivity contribution in [2.45, 2.75) is 25.6 Å². The van der Waals surface area contributed by atoms with Gasteiger partial charge >= 0.3 is 0 Å². The summed E-state index contributed by atoms with van der Waals surface area (Å²) in [4.78, 5) is 0. The van der Waals surface area contributed by atoms with Gasteiger partial charge in [0.1, 0.15) is 5.60 Å². The number of fused-ring (bicyclic) bond motifs is 1. The van der Waals surface area contributed by atoms with Crippen molar-refractivity contribution in [2.75, 3.05) is 20.3 Å². The van der Waals surface area contributed by atoms with Gasteiger partial charge in [-0.2, -0.15) is 0 Å². The summed E-state index contributed by atoms with van der Waals surface area (Å²) in [5.74, 6) is 0. The Kier molecular flexibility index (Phi) is 3.28. The lowest BCUT2D eigenvalue weighted by molar-refractivity contribution is 0.00984. The number of hydrogen-bond donors (Lipinski definition) is 1. The second-order valence-corrected chi connectivity index (χ2v) is 4.43. The van der Waals surface area contributed by atoms with Crippen molar-refractivity contribution in [3.63, 3.8) is 0 Å². The summed E-state index contributed by atoms with van der Waals surface area (Å²) in [7, 11) is 1.70. The fourth-order valence-corrected chi connectivity index (χ4v) is 2.01. The number of methoxy groups -OCH3 is 1. The van der Waals surface area contributed by atoms with E-state index in [2.05, 4.69) is 18.2 Å². The van der Waals surface area contributed by atoms with E-state index in [1.165, 1.54) is 11.1 Å². The quantitative estimate of drug-likeness (QED) is 0.842. The lowest BCUT2D eigenvalue weighted by atomic mass is 9.91. The Hall–Kier alpha value is -0.900. The maximum atomic E-state index is 5.78. The van der Waals surface area contributed by atoms with Crippen LogP contribution in [0.2, 0.25) is 0 Å². The summed E-state index contributed by atoms with van der Waals surface area (Å²) in [6, 6.07) is 6.41. The standard InChI is InChI=1S/C13H19NO2/c1-13(9-14,15-2)12-4-3-11-8-16-6-5-10(11)7-12/h3-4,7H,5-6,8-9,14H2,1-2H3. The minimum atomic E-state index is -0.382. The molecule has 3 nitrogen and oxygen atoms in total. The van der Waals surface area contributed by atoms with Crippen LogP contribution in [0, 0.1) is 0 Å². The summed E-state index contributed by atoms with van der Waals surface area (Å²) in [6.45, 7) is 4.04. The smallest absolute Gasteiger partial charge is 0.102 e. The molecule has 0 bridgehead atoms. The molecule has 0 saturated carbocycles. The van der Waals surface area contributed by atoms with Crippen LogP contribution in [-0.4, -0.2) is 20.3 Å². The average molecular weight is 221 g/mol. The van der Waals surface area contributed by atoms with Crippen LogP contribution in [0.3, 0.4) is 0 Å². The summed E-state index contributed by atoms with van der Waals surface area (Å²) < 4.78 is 10.9. The van der Waals surface area contributed by atoms with E-state index in [0.29, 0.717) is 6.54 Å². The lowest BCUT2D eigenvalue weighted by Crippen LogP contribution is -2.34. The Morgan fingerprint density at radius 1 is 1.44 bits per heavy atom. The van der Waals surface area contributed by atoms with Crippen molar-refractivity contribution >= 4 is 0 Å². The highest BCUT2D eigenvalue weighted by molar-refractivity contribution is 5.35. The molecule has 1 aromatic carbocycles. The van der Waals surface area contributed by atoms with Crippen LogP contribution in [0.5, 0.6) is 0 Å². The zero-order chi connectivity index (χ0) is 11.6. The van der Waals surface area contributed by atoms with E-state index in [4.69, 9.17) is 15.2 Å². The molecule has 0 aliphatic carbocycles. The van der Waals surface area contributed by atoms with E-state index in [1.54, 1.807) is 7.11 Å². The molecule has 1 aromatic rings. The molecule has 0 saturated heterocycles. The Balaban J connectivity index is 2.36. The Labute approximate surface area is 96.5 Å². The van der Waals surface area contributed by atoms with Crippen LogP contribution in [0.1, 0.15) is 23.6 Å². The van der Waals surface area contributed by atoms with Gasteiger partial charge in [0.05, 0.1) is 13.2 Å². The van der Waals surface area contributed by atoms with E-state index in [-0.39, 0.29) is 5.60 Å². The maximum absolute atomic E-state index is 5.78. The van der Waals surface area contributed by atoms with Crippen molar-refractivity contribution in [3.8, 4) is 0 Å². The third-order valence-corrected chi connectivity index (χ3v) is 3.43. The van der Waals surface area contributed by atoms with E-state index in [9.17, 15) is 0 Å². The molecule has 1 aliphatic heterocycles. The molecular formula is C13H19NO2. The molecule has 1 atom stereocenters. The van der Waals surface area contributed by atoms with Crippen LogP contribution in [0.25, 0.3) is 0 Å². The fourth-order valence-electron chi connectivity index (χ4n) is 2.01. The normalized spacial score (nSPS) is 18.9. The lowest BCUT2D eigenvalue weighted by Gasteiger charge is -2.28. The third kappa shape index (κ3) is 1.98. The molecule has 0 radical (unpaired) electrons. The second kappa shape index (κ2) is 4.53. The van der Waals surface area contributed by atoms with Gasteiger partial charge in [0.15, 0.2) is 0 Å². The molecular weight excluding hydrogens is 202 g/mol. The van der Waals surface area contributed by atoms with Crippen molar-refractivity contribution in [3.05, 3.63) is 34.9 Å². The monoisotopic (exact) mass is 221 g/mol. The molecule has 1 aliphatic rings. The molecule has 16 heavy (non-hydrogen) atoms. The van der Waals surface area contributed by atoms with Gasteiger partial charge in [0.2, 0.25) is 0 Å². The molecule has 0 spiro atoms. The van der Waals surface area contributed by atoms with Crippen LogP contribution >= 0.6 is 0 Å². The minimum Gasteiger partial charge on any atom is -0.376 e. The summed E-state index contributed by atoms with van der Waals surface area (Å²) in [6.07, 6.45) is 0.980. The van der Waals surface area contributed by atoms with Gasteiger partial charge in [0, 0.05) is 13.7 Å². The van der Waals surface area contributed by atoms with Gasteiger partial charge in [0.25, 0.3) is 0 Å². The Bertz CT molecular complexity index is 372. The van der Waals surface area contributed by atoms with Gasteiger partial charge in [-0.3, -0.25) is 0 Å². The molecule has 3 heteroatoms. The number of rotatable bonds is 3.